The molecule has 6 heteroatoms. The molecule has 0 atom stereocenters. The Kier molecular flexibility index (Phi) is 5.01. The summed E-state index contributed by atoms with van der Waals surface area (Å²) < 4.78 is 13.6. The normalized spacial score (nSPS) is 10.8. The third kappa shape index (κ3) is 3.86. The van der Waals surface area contributed by atoms with Crippen molar-refractivity contribution in [1.82, 2.24) is 9.97 Å². The quantitative estimate of drug-likeness (QED) is 0.462. The lowest BCUT2D eigenvalue weighted by molar-refractivity contribution is 0.102. The number of para-hydroxylation sites is 2. The highest BCUT2D eigenvalue weighted by atomic mass is 19.1. The Morgan fingerprint density at radius 2 is 1.86 bits per heavy atom. The molecule has 2 aromatic carbocycles. The van der Waals surface area contributed by atoms with Crippen molar-refractivity contribution in [3.63, 3.8) is 0 Å². The molecule has 0 saturated heterocycles. The monoisotopic (exact) mass is 374 g/mol. The van der Waals surface area contributed by atoms with Crippen LogP contribution in [0.3, 0.4) is 0 Å². The lowest BCUT2D eigenvalue weighted by atomic mass is 10.1. The predicted molar refractivity (Wildman–Crippen MR) is 109 cm³/mol. The molecule has 4 rings (SSSR count). The molecule has 2 heterocycles. The Morgan fingerprint density at radius 3 is 2.68 bits per heavy atom. The number of nitrogens with one attached hydrogen (secondary N) is 3. The fourth-order valence-electron chi connectivity index (χ4n) is 3.06. The molecule has 0 fully saturated rings. The molecule has 4 aromatic rings. The molecule has 1 amide bonds. The van der Waals surface area contributed by atoms with Gasteiger partial charge >= 0.3 is 0 Å². The predicted octanol–water partition coefficient (Wildman–Crippen LogP) is 4.61. The van der Waals surface area contributed by atoms with Crippen molar-refractivity contribution in [3.05, 3.63) is 90.1 Å². The lowest BCUT2D eigenvalue weighted by Crippen LogP contribution is -2.14. The van der Waals surface area contributed by atoms with E-state index in [1.807, 2.05) is 18.3 Å². The lowest BCUT2D eigenvalue weighted by Gasteiger charge is -2.08. The van der Waals surface area contributed by atoms with Crippen molar-refractivity contribution in [2.24, 2.45) is 0 Å². The second-order valence-corrected chi connectivity index (χ2v) is 6.40. The highest BCUT2D eigenvalue weighted by Crippen LogP contribution is 2.18. The number of benzene rings is 2. The molecular weight excluding hydrogens is 355 g/mol. The minimum Gasteiger partial charge on any atom is -0.383 e. The average Bonchev–Trinajstić information content (AvgIpc) is 3.13. The molecule has 5 nitrogen and oxygen atoms in total. The van der Waals surface area contributed by atoms with Gasteiger partial charge in [0.05, 0.1) is 17.6 Å². The molecular formula is C22H19FN4O. The maximum atomic E-state index is 13.6. The van der Waals surface area contributed by atoms with Crippen molar-refractivity contribution < 1.29 is 9.18 Å². The molecule has 0 unspecified atom stereocenters. The van der Waals surface area contributed by atoms with Gasteiger partial charge in [-0.1, -0.05) is 30.3 Å². The van der Waals surface area contributed by atoms with Gasteiger partial charge in [0.15, 0.2) is 0 Å². The molecule has 0 aliphatic heterocycles. The first kappa shape index (κ1) is 17.7. The van der Waals surface area contributed by atoms with E-state index in [2.05, 4.69) is 32.7 Å². The molecule has 0 radical (unpaired) electrons. The van der Waals surface area contributed by atoms with Crippen LogP contribution in [0.15, 0.2) is 73.1 Å². The first-order valence-corrected chi connectivity index (χ1v) is 9.01. The number of carbonyl (C=O) groups is 1. The zero-order chi connectivity index (χ0) is 19.3. The highest BCUT2D eigenvalue weighted by molar-refractivity contribution is 6.03. The van der Waals surface area contributed by atoms with E-state index in [0.29, 0.717) is 0 Å². The average molecular weight is 374 g/mol. The summed E-state index contributed by atoms with van der Waals surface area (Å²) in [7, 11) is 0. The highest BCUT2D eigenvalue weighted by Gasteiger charge is 2.10. The van der Waals surface area contributed by atoms with Crippen LogP contribution in [-0.2, 0) is 6.42 Å². The number of hydrogen-bond donors (Lipinski definition) is 3. The molecule has 140 valence electrons. The van der Waals surface area contributed by atoms with E-state index in [-0.39, 0.29) is 11.4 Å². The van der Waals surface area contributed by atoms with Crippen molar-refractivity contribution in [2.45, 2.75) is 6.42 Å². The van der Waals surface area contributed by atoms with Gasteiger partial charge in [-0.15, -0.1) is 0 Å². The standard InChI is InChI=1S/C22H19FN4O/c23-18-6-2-4-8-20(18)27-22(28)21-10-9-16(14-26-21)24-12-11-15-13-25-19-7-3-1-5-17(15)19/h1-10,13-14,24-25H,11-12H2,(H,27,28). The maximum Gasteiger partial charge on any atom is 0.274 e. The topological polar surface area (TPSA) is 69.8 Å². The van der Waals surface area contributed by atoms with Crippen molar-refractivity contribution in [3.8, 4) is 0 Å². The molecule has 0 aliphatic carbocycles. The Morgan fingerprint density at radius 1 is 1.04 bits per heavy atom. The summed E-state index contributed by atoms with van der Waals surface area (Å²) in [4.78, 5) is 19.6. The molecule has 0 aliphatic rings. The Balaban J connectivity index is 1.34. The van der Waals surface area contributed by atoms with E-state index >= 15 is 0 Å². The first-order chi connectivity index (χ1) is 13.7. The van der Waals surface area contributed by atoms with Gasteiger partial charge in [0, 0.05) is 23.6 Å². The fourth-order valence-corrected chi connectivity index (χ4v) is 3.06. The number of aromatic amines is 1. The molecule has 2 aromatic heterocycles. The summed E-state index contributed by atoms with van der Waals surface area (Å²) in [6.07, 6.45) is 4.49. The number of H-pyrrole nitrogens is 1. The summed E-state index contributed by atoms with van der Waals surface area (Å²) in [5.41, 5.74) is 3.56. The van der Waals surface area contributed by atoms with Crippen LogP contribution in [0, 0.1) is 5.82 Å². The maximum absolute atomic E-state index is 13.6. The number of rotatable bonds is 6. The Hall–Kier alpha value is -3.67. The van der Waals surface area contributed by atoms with E-state index in [9.17, 15) is 9.18 Å². The number of carbonyl (C=O) groups excluding carboxylic acids is 1. The SMILES string of the molecule is O=C(Nc1ccccc1F)c1ccc(NCCc2c[nH]c3ccccc23)cn1. The third-order valence-corrected chi connectivity index (χ3v) is 4.52. The van der Waals surface area contributed by atoms with Gasteiger partial charge in [-0.2, -0.15) is 0 Å². The van der Waals surface area contributed by atoms with Crippen LogP contribution >= 0.6 is 0 Å². The molecule has 0 saturated carbocycles. The summed E-state index contributed by atoms with van der Waals surface area (Å²) >= 11 is 0. The van der Waals surface area contributed by atoms with Gasteiger partial charge in [-0.05, 0) is 42.3 Å². The van der Waals surface area contributed by atoms with E-state index in [1.54, 1.807) is 30.5 Å². The van der Waals surface area contributed by atoms with Crippen molar-refractivity contribution in [2.75, 3.05) is 17.2 Å². The van der Waals surface area contributed by atoms with Gasteiger partial charge in [-0.3, -0.25) is 4.79 Å². The fraction of sp³-hybridized carbons (Fsp3) is 0.0909. The van der Waals surface area contributed by atoms with Crippen LogP contribution in [0.1, 0.15) is 16.1 Å². The van der Waals surface area contributed by atoms with Gasteiger partial charge in [0.1, 0.15) is 11.5 Å². The number of pyridine rings is 1. The Bertz CT molecular complexity index is 1100. The van der Waals surface area contributed by atoms with Crippen molar-refractivity contribution in [1.29, 1.82) is 0 Å². The second-order valence-electron chi connectivity index (χ2n) is 6.40. The van der Waals surface area contributed by atoms with Crippen LogP contribution in [0.5, 0.6) is 0 Å². The van der Waals surface area contributed by atoms with Crippen LogP contribution in [0.25, 0.3) is 10.9 Å². The van der Waals surface area contributed by atoms with Crippen LogP contribution in [0.2, 0.25) is 0 Å². The zero-order valence-electron chi connectivity index (χ0n) is 15.1. The molecule has 28 heavy (non-hydrogen) atoms. The molecule has 0 spiro atoms. The van der Waals surface area contributed by atoms with Crippen LogP contribution < -0.4 is 10.6 Å². The number of nitrogens with zero attached hydrogens (tertiary/aromatic N) is 1. The summed E-state index contributed by atoms with van der Waals surface area (Å²) in [6.45, 7) is 0.740. The first-order valence-electron chi connectivity index (χ1n) is 9.01. The van der Waals surface area contributed by atoms with E-state index < -0.39 is 11.7 Å². The summed E-state index contributed by atoms with van der Waals surface area (Å²) in [5.74, 6) is -0.929. The Labute approximate surface area is 161 Å². The minimum atomic E-state index is -0.480. The van der Waals surface area contributed by atoms with Gasteiger partial charge < -0.3 is 15.6 Å². The van der Waals surface area contributed by atoms with E-state index in [0.717, 1.165) is 24.2 Å². The molecule has 0 bridgehead atoms. The van der Waals surface area contributed by atoms with Crippen molar-refractivity contribution >= 4 is 28.2 Å². The summed E-state index contributed by atoms with van der Waals surface area (Å²) in [5, 5.41) is 7.05. The van der Waals surface area contributed by atoms with Gasteiger partial charge in [-0.25, -0.2) is 9.37 Å². The number of amides is 1. The number of fused-ring (bicyclic) bond motifs is 1. The number of anilines is 2. The zero-order valence-corrected chi connectivity index (χ0v) is 15.1. The molecule has 3 N–H and O–H groups in total. The number of hydrogen-bond acceptors (Lipinski definition) is 3. The minimum absolute atomic E-state index is 0.134. The smallest absolute Gasteiger partial charge is 0.274 e. The summed E-state index contributed by atoms with van der Waals surface area (Å²) in [6, 6.07) is 17.6. The van der Waals surface area contributed by atoms with E-state index in [4.69, 9.17) is 0 Å². The van der Waals surface area contributed by atoms with Crippen LogP contribution in [-0.4, -0.2) is 22.4 Å². The number of aromatic nitrogens is 2. The third-order valence-electron chi connectivity index (χ3n) is 4.52. The largest absolute Gasteiger partial charge is 0.383 e. The second kappa shape index (κ2) is 7.92. The van der Waals surface area contributed by atoms with Gasteiger partial charge in [0.25, 0.3) is 5.91 Å². The van der Waals surface area contributed by atoms with Gasteiger partial charge in [0.2, 0.25) is 0 Å². The van der Waals surface area contributed by atoms with E-state index in [1.165, 1.54) is 23.1 Å². The van der Waals surface area contributed by atoms with Crippen LogP contribution in [0.4, 0.5) is 15.8 Å². The number of halogens is 1.